The molecule has 0 unspecified atom stereocenters. The lowest BCUT2D eigenvalue weighted by Gasteiger charge is -2.18. The normalized spacial score (nSPS) is 10.8. The summed E-state index contributed by atoms with van der Waals surface area (Å²) >= 11 is 2.00. The van der Waals surface area contributed by atoms with E-state index in [1.165, 1.54) is 6.07 Å². The summed E-state index contributed by atoms with van der Waals surface area (Å²) in [5.74, 6) is -0.158. The van der Waals surface area contributed by atoms with Gasteiger partial charge in [-0.15, -0.1) is 0 Å². The number of hydrogen-bond donors (Lipinski definition) is 1. The SMILES string of the molecule is CCN(CC)CCNc1ccc(F)c(I)c1. The number of nitrogens with one attached hydrogen (secondary N) is 1. The van der Waals surface area contributed by atoms with E-state index >= 15 is 0 Å². The molecular formula is C12H18FIN2. The van der Waals surface area contributed by atoms with Crippen LogP contribution in [-0.4, -0.2) is 31.1 Å². The summed E-state index contributed by atoms with van der Waals surface area (Å²) in [4.78, 5) is 2.35. The second kappa shape index (κ2) is 7.06. The van der Waals surface area contributed by atoms with Gasteiger partial charge < -0.3 is 10.2 Å². The summed E-state index contributed by atoms with van der Waals surface area (Å²) in [5.41, 5.74) is 0.984. The molecule has 0 radical (unpaired) electrons. The zero-order valence-corrected chi connectivity index (χ0v) is 11.9. The smallest absolute Gasteiger partial charge is 0.136 e. The van der Waals surface area contributed by atoms with Gasteiger partial charge in [0.1, 0.15) is 5.82 Å². The number of benzene rings is 1. The summed E-state index contributed by atoms with van der Waals surface area (Å²) in [6.07, 6.45) is 0. The lowest BCUT2D eigenvalue weighted by Crippen LogP contribution is -2.28. The summed E-state index contributed by atoms with van der Waals surface area (Å²) in [6.45, 7) is 8.36. The Balaban J connectivity index is 2.40. The number of nitrogens with zero attached hydrogens (tertiary/aromatic N) is 1. The molecule has 0 aliphatic rings. The summed E-state index contributed by atoms with van der Waals surface area (Å²) < 4.78 is 13.7. The molecule has 1 aromatic carbocycles. The minimum atomic E-state index is -0.158. The number of anilines is 1. The first-order chi connectivity index (χ1) is 7.67. The molecule has 2 nitrogen and oxygen atoms in total. The minimum Gasteiger partial charge on any atom is -0.384 e. The Morgan fingerprint density at radius 3 is 2.56 bits per heavy atom. The van der Waals surface area contributed by atoms with Crippen LogP contribution in [0.25, 0.3) is 0 Å². The molecular weight excluding hydrogens is 318 g/mol. The van der Waals surface area contributed by atoms with E-state index in [9.17, 15) is 4.39 Å². The third kappa shape index (κ3) is 4.25. The molecule has 0 spiro atoms. The van der Waals surface area contributed by atoms with Gasteiger partial charge in [-0.2, -0.15) is 0 Å². The van der Waals surface area contributed by atoms with Crippen molar-refractivity contribution in [3.63, 3.8) is 0 Å². The first kappa shape index (κ1) is 13.7. The van der Waals surface area contributed by atoms with Crippen molar-refractivity contribution in [1.29, 1.82) is 0 Å². The van der Waals surface area contributed by atoms with E-state index in [1.807, 2.05) is 28.7 Å². The highest BCUT2D eigenvalue weighted by atomic mass is 127. The first-order valence-corrected chi connectivity index (χ1v) is 6.66. The van der Waals surface area contributed by atoms with Crippen molar-refractivity contribution in [2.45, 2.75) is 13.8 Å². The van der Waals surface area contributed by atoms with E-state index in [4.69, 9.17) is 0 Å². The molecule has 0 amide bonds. The van der Waals surface area contributed by atoms with Gasteiger partial charge in [0.05, 0.1) is 3.57 Å². The summed E-state index contributed by atoms with van der Waals surface area (Å²) in [5, 5.41) is 3.30. The van der Waals surface area contributed by atoms with E-state index in [0.29, 0.717) is 3.57 Å². The molecule has 0 saturated carbocycles. The molecule has 1 N–H and O–H groups in total. The Bertz CT molecular complexity index is 327. The average molecular weight is 336 g/mol. The number of hydrogen-bond acceptors (Lipinski definition) is 2. The molecule has 90 valence electrons. The van der Waals surface area contributed by atoms with Crippen LogP contribution in [0.1, 0.15) is 13.8 Å². The van der Waals surface area contributed by atoms with Crippen LogP contribution in [0, 0.1) is 9.39 Å². The topological polar surface area (TPSA) is 15.3 Å². The fourth-order valence-corrected chi connectivity index (χ4v) is 2.02. The van der Waals surface area contributed by atoms with Crippen molar-refractivity contribution in [3.8, 4) is 0 Å². The number of rotatable bonds is 6. The lowest BCUT2D eigenvalue weighted by molar-refractivity contribution is 0.316. The Morgan fingerprint density at radius 2 is 2.00 bits per heavy atom. The summed E-state index contributed by atoms with van der Waals surface area (Å²) in [7, 11) is 0. The maximum atomic E-state index is 13.0. The van der Waals surface area contributed by atoms with Gasteiger partial charge >= 0.3 is 0 Å². The lowest BCUT2D eigenvalue weighted by atomic mass is 10.3. The zero-order valence-electron chi connectivity index (χ0n) is 9.76. The van der Waals surface area contributed by atoms with Gasteiger partial charge in [0.15, 0.2) is 0 Å². The standard InChI is InChI=1S/C12H18FIN2/c1-3-16(4-2)8-7-15-10-5-6-11(13)12(14)9-10/h5-6,9,15H,3-4,7-8H2,1-2H3. The van der Waals surface area contributed by atoms with Crippen molar-refractivity contribution in [2.75, 3.05) is 31.5 Å². The number of halogens is 2. The van der Waals surface area contributed by atoms with Gasteiger partial charge in [-0.3, -0.25) is 0 Å². The van der Waals surface area contributed by atoms with Gasteiger partial charge in [0.25, 0.3) is 0 Å². The Hall–Kier alpha value is -0.360. The van der Waals surface area contributed by atoms with Crippen LogP contribution >= 0.6 is 22.6 Å². The molecule has 0 fully saturated rings. The maximum absolute atomic E-state index is 13.0. The van der Waals surface area contributed by atoms with Crippen molar-refractivity contribution in [1.82, 2.24) is 4.90 Å². The highest BCUT2D eigenvalue weighted by Crippen LogP contribution is 2.16. The van der Waals surface area contributed by atoms with Crippen LogP contribution in [-0.2, 0) is 0 Å². The van der Waals surface area contributed by atoms with Crippen LogP contribution in [0.15, 0.2) is 18.2 Å². The molecule has 4 heteroatoms. The fourth-order valence-electron chi connectivity index (χ4n) is 1.50. The molecule has 0 aromatic heterocycles. The van der Waals surface area contributed by atoms with Gasteiger partial charge in [-0.1, -0.05) is 13.8 Å². The molecule has 1 aromatic rings. The zero-order chi connectivity index (χ0) is 12.0. The monoisotopic (exact) mass is 336 g/mol. The quantitative estimate of drug-likeness (QED) is 0.803. The van der Waals surface area contributed by atoms with Crippen molar-refractivity contribution in [3.05, 3.63) is 27.6 Å². The highest BCUT2D eigenvalue weighted by molar-refractivity contribution is 14.1. The predicted octanol–water partition coefficient (Wildman–Crippen LogP) is 3.18. The first-order valence-electron chi connectivity index (χ1n) is 5.58. The fraction of sp³-hybridized carbons (Fsp3) is 0.500. The van der Waals surface area contributed by atoms with Crippen LogP contribution in [0.2, 0.25) is 0 Å². The van der Waals surface area contributed by atoms with E-state index in [1.54, 1.807) is 6.07 Å². The van der Waals surface area contributed by atoms with Crippen LogP contribution < -0.4 is 5.32 Å². The Labute approximate surface area is 110 Å². The van der Waals surface area contributed by atoms with Crippen LogP contribution in [0.3, 0.4) is 0 Å². The second-order valence-electron chi connectivity index (χ2n) is 3.58. The third-order valence-electron chi connectivity index (χ3n) is 2.57. The largest absolute Gasteiger partial charge is 0.384 e. The summed E-state index contributed by atoms with van der Waals surface area (Å²) in [6, 6.07) is 5.11. The molecule has 0 saturated heterocycles. The minimum absolute atomic E-state index is 0.158. The Kier molecular flexibility index (Phi) is 6.05. The van der Waals surface area contributed by atoms with Gasteiger partial charge in [-0.05, 0) is 53.9 Å². The molecule has 0 atom stereocenters. The molecule has 0 heterocycles. The average Bonchev–Trinajstić information content (AvgIpc) is 2.29. The van der Waals surface area contributed by atoms with Crippen molar-refractivity contribution < 1.29 is 4.39 Å². The second-order valence-corrected chi connectivity index (χ2v) is 4.74. The van der Waals surface area contributed by atoms with Crippen molar-refractivity contribution in [2.24, 2.45) is 0 Å². The van der Waals surface area contributed by atoms with Crippen LogP contribution in [0.5, 0.6) is 0 Å². The molecule has 0 aliphatic heterocycles. The van der Waals surface area contributed by atoms with Gasteiger partial charge in [0.2, 0.25) is 0 Å². The molecule has 1 rings (SSSR count). The van der Waals surface area contributed by atoms with E-state index < -0.39 is 0 Å². The highest BCUT2D eigenvalue weighted by Gasteiger charge is 2.01. The number of likely N-dealkylation sites (N-methyl/N-ethyl adjacent to an activating group) is 1. The molecule has 16 heavy (non-hydrogen) atoms. The maximum Gasteiger partial charge on any atom is 0.136 e. The van der Waals surface area contributed by atoms with Crippen LogP contribution in [0.4, 0.5) is 10.1 Å². The Morgan fingerprint density at radius 1 is 1.31 bits per heavy atom. The van der Waals surface area contributed by atoms with Crippen molar-refractivity contribution >= 4 is 28.3 Å². The van der Waals surface area contributed by atoms with E-state index in [2.05, 4.69) is 24.1 Å². The third-order valence-corrected chi connectivity index (χ3v) is 3.40. The molecule has 0 aliphatic carbocycles. The predicted molar refractivity (Wildman–Crippen MR) is 75.4 cm³/mol. The molecule has 0 bridgehead atoms. The van der Waals surface area contributed by atoms with Gasteiger partial charge in [-0.25, -0.2) is 4.39 Å². The van der Waals surface area contributed by atoms with E-state index in [-0.39, 0.29) is 5.82 Å². The van der Waals surface area contributed by atoms with Gasteiger partial charge in [0, 0.05) is 18.8 Å². The van der Waals surface area contributed by atoms with E-state index in [0.717, 1.165) is 31.9 Å².